The number of benzene rings is 1. The van der Waals surface area contributed by atoms with Crippen LogP contribution >= 0.6 is 15.9 Å². The molecular formula is C15H9BrN2O4. The van der Waals surface area contributed by atoms with Crippen LogP contribution in [0.2, 0.25) is 0 Å². The van der Waals surface area contributed by atoms with E-state index in [1.54, 1.807) is 12.1 Å². The summed E-state index contributed by atoms with van der Waals surface area (Å²) in [5.74, 6) is -1.31. The maximum Gasteiger partial charge on any atom is 0.335 e. The molecule has 0 aliphatic rings. The summed E-state index contributed by atoms with van der Waals surface area (Å²) in [6, 6.07) is 9.01. The lowest BCUT2D eigenvalue weighted by Crippen LogP contribution is -2.13. The first kappa shape index (κ1) is 15.5. The van der Waals surface area contributed by atoms with Crippen molar-refractivity contribution in [2.45, 2.75) is 0 Å². The number of furan rings is 1. The van der Waals surface area contributed by atoms with Gasteiger partial charge in [0, 0.05) is 11.8 Å². The number of hydrogen-bond donors (Lipinski definition) is 2. The molecule has 1 aromatic carbocycles. The summed E-state index contributed by atoms with van der Waals surface area (Å²) in [5.41, 5.74) is 0.357. The number of carbonyl (C=O) groups is 2. The molecule has 0 bridgehead atoms. The molecule has 0 fully saturated rings. The van der Waals surface area contributed by atoms with E-state index < -0.39 is 11.9 Å². The van der Waals surface area contributed by atoms with Crippen molar-refractivity contribution in [2.75, 3.05) is 5.32 Å². The zero-order valence-corrected chi connectivity index (χ0v) is 12.6. The number of hydrogen-bond acceptors (Lipinski definition) is 4. The van der Waals surface area contributed by atoms with E-state index in [-0.39, 0.29) is 11.1 Å². The topological polar surface area (TPSA) is 103 Å². The van der Waals surface area contributed by atoms with Gasteiger partial charge in [0.25, 0.3) is 5.91 Å². The van der Waals surface area contributed by atoms with E-state index in [1.165, 1.54) is 36.6 Å². The third-order valence-corrected chi connectivity index (χ3v) is 3.04. The lowest BCUT2D eigenvalue weighted by molar-refractivity contribution is -0.112. The predicted octanol–water partition coefficient (Wildman–Crippen LogP) is 3.29. The molecular weight excluding hydrogens is 352 g/mol. The van der Waals surface area contributed by atoms with Gasteiger partial charge in [0.15, 0.2) is 0 Å². The van der Waals surface area contributed by atoms with Gasteiger partial charge in [-0.05, 0) is 46.3 Å². The Morgan fingerprint density at radius 1 is 1.32 bits per heavy atom. The van der Waals surface area contributed by atoms with Crippen molar-refractivity contribution < 1.29 is 19.1 Å². The maximum absolute atomic E-state index is 12.0. The van der Waals surface area contributed by atoms with E-state index in [1.807, 2.05) is 0 Å². The molecule has 0 saturated heterocycles. The molecule has 22 heavy (non-hydrogen) atoms. The van der Waals surface area contributed by atoms with Crippen LogP contribution in [-0.2, 0) is 4.79 Å². The quantitative estimate of drug-likeness (QED) is 0.643. The number of halogens is 1. The minimum absolute atomic E-state index is 0.106. The molecule has 0 spiro atoms. The molecule has 2 N–H and O–H groups in total. The molecule has 0 radical (unpaired) electrons. The number of nitrogens with one attached hydrogen (secondary N) is 1. The maximum atomic E-state index is 12.0. The number of carbonyl (C=O) groups excluding carboxylic acids is 1. The molecule has 1 heterocycles. The van der Waals surface area contributed by atoms with E-state index in [0.29, 0.717) is 15.9 Å². The van der Waals surface area contributed by atoms with Gasteiger partial charge >= 0.3 is 5.97 Å². The van der Waals surface area contributed by atoms with Crippen molar-refractivity contribution in [3.63, 3.8) is 0 Å². The average molecular weight is 361 g/mol. The standard InChI is InChI=1S/C15H9BrN2O4/c16-11-6-13(22-8-11)5-10(7-17)14(19)18-12-3-1-9(2-4-12)15(20)21/h1-6,8H,(H,18,19)(H,20,21)/b10-5-. The second-order valence-corrected chi connectivity index (χ2v) is 5.09. The first-order chi connectivity index (χ1) is 10.5. The highest BCUT2D eigenvalue weighted by atomic mass is 79.9. The molecule has 1 aromatic heterocycles. The second-order valence-electron chi connectivity index (χ2n) is 4.17. The summed E-state index contributed by atoms with van der Waals surface area (Å²) >= 11 is 3.20. The van der Waals surface area contributed by atoms with Gasteiger partial charge in [0.2, 0.25) is 0 Å². The van der Waals surface area contributed by atoms with Crippen molar-refractivity contribution in [1.82, 2.24) is 0 Å². The molecule has 0 saturated carbocycles. The Labute approximate surface area is 133 Å². The molecule has 0 aliphatic heterocycles. The van der Waals surface area contributed by atoms with E-state index >= 15 is 0 Å². The molecule has 1 amide bonds. The van der Waals surface area contributed by atoms with Crippen molar-refractivity contribution in [2.24, 2.45) is 0 Å². The van der Waals surface area contributed by atoms with Crippen LogP contribution in [0.3, 0.4) is 0 Å². The van der Waals surface area contributed by atoms with E-state index in [2.05, 4.69) is 21.2 Å². The van der Waals surface area contributed by atoms with Gasteiger partial charge in [-0.15, -0.1) is 0 Å². The van der Waals surface area contributed by atoms with Crippen LogP contribution in [0.1, 0.15) is 16.1 Å². The van der Waals surface area contributed by atoms with Gasteiger partial charge in [-0.1, -0.05) is 0 Å². The summed E-state index contributed by atoms with van der Waals surface area (Å²) in [6.07, 6.45) is 2.75. The van der Waals surface area contributed by atoms with Gasteiger partial charge in [-0.2, -0.15) is 5.26 Å². The Kier molecular flexibility index (Phi) is 4.76. The van der Waals surface area contributed by atoms with Gasteiger partial charge in [0.05, 0.1) is 10.0 Å². The molecule has 0 aliphatic carbocycles. The predicted molar refractivity (Wildman–Crippen MR) is 82.0 cm³/mol. The zero-order valence-electron chi connectivity index (χ0n) is 11.0. The number of carboxylic acids is 1. The van der Waals surface area contributed by atoms with Gasteiger partial charge < -0.3 is 14.8 Å². The van der Waals surface area contributed by atoms with Crippen LogP contribution in [0.5, 0.6) is 0 Å². The smallest absolute Gasteiger partial charge is 0.335 e. The van der Waals surface area contributed by atoms with Crippen LogP contribution in [0, 0.1) is 11.3 Å². The molecule has 0 atom stereocenters. The Morgan fingerprint density at radius 3 is 2.50 bits per heavy atom. The lowest BCUT2D eigenvalue weighted by atomic mass is 10.2. The summed E-state index contributed by atoms with van der Waals surface area (Å²) < 4.78 is 5.81. The molecule has 6 nitrogen and oxygen atoms in total. The Hall–Kier alpha value is -2.85. The van der Waals surface area contributed by atoms with Crippen molar-refractivity contribution in [1.29, 1.82) is 5.26 Å². The van der Waals surface area contributed by atoms with Crippen LogP contribution < -0.4 is 5.32 Å². The minimum Gasteiger partial charge on any atom is -0.478 e. The highest BCUT2D eigenvalue weighted by molar-refractivity contribution is 9.10. The summed E-state index contributed by atoms with van der Waals surface area (Å²) in [4.78, 5) is 22.7. The fourth-order valence-corrected chi connectivity index (χ4v) is 1.91. The fraction of sp³-hybridized carbons (Fsp3) is 0. The van der Waals surface area contributed by atoms with Crippen LogP contribution in [0.15, 0.2) is 51.1 Å². The monoisotopic (exact) mass is 360 g/mol. The number of nitriles is 1. The number of aromatic carboxylic acids is 1. The minimum atomic E-state index is -1.06. The Bertz CT molecular complexity index is 785. The van der Waals surface area contributed by atoms with Crippen LogP contribution in [0.4, 0.5) is 5.69 Å². The van der Waals surface area contributed by atoms with Gasteiger partial charge in [-0.3, -0.25) is 4.79 Å². The third kappa shape index (κ3) is 3.84. The van der Waals surface area contributed by atoms with E-state index in [0.717, 1.165) is 0 Å². The molecule has 110 valence electrons. The molecule has 7 heteroatoms. The number of anilines is 1. The highest BCUT2D eigenvalue weighted by Gasteiger charge is 2.11. The zero-order chi connectivity index (χ0) is 16.1. The first-order valence-electron chi connectivity index (χ1n) is 6.00. The van der Waals surface area contributed by atoms with Crippen molar-refractivity contribution in [3.8, 4) is 6.07 Å². The third-order valence-electron chi connectivity index (χ3n) is 2.63. The van der Waals surface area contributed by atoms with Gasteiger partial charge in [-0.25, -0.2) is 4.79 Å². The Morgan fingerprint density at radius 2 is 2.00 bits per heavy atom. The number of amides is 1. The van der Waals surface area contributed by atoms with E-state index in [9.17, 15) is 9.59 Å². The molecule has 2 rings (SSSR count). The number of nitrogens with zero attached hydrogens (tertiary/aromatic N) is 1. The SMILES string of the molecule is N#C/C(=C/c1cc(Br)co1)C(=O)Nc1ccc(C(=O)O)cc1. The second kappa shape index (κ2) is 6.74. The summed E-state index contributed by atoms with van der Waals surface area (Å²) in [6.45, 7) is 0. The Balaban J connectivity index is 2.14. The summed E-state index contributed by atoms with van der Waals surface area (Å²) in [7, 11) is 0. The summed E-state index contributed by atoms with van der Waals surface area (Å²) in [5, 5.41) is 20.4. The van der Waals surface area contributed by atoms with E-state index in [4.69, 9.17) is 14.8 Å². The normalized spacial score (nSPS) is 10.8. The molecule has 0 unspecified atom stereocenters. The lowest BCUT2D eigenvalue weighted by Gasteiger charge is -2.04. The first-order valence-corrected chi connectivity index (χ1v) is 6.79. The fourth-order valence-electron chi connectivity index (χ4n) is 1.59. The van der Waals surface area contributed by atoms with Gasteiger partial charge in [0.1, 0.15) is 23.7 Å². The number of rotatable bonds is 4. The number of carboxylic acid groups (broad SMARTS) is 1. The van der Waals surface area contributed by atoms with Crippen LogP contribution in [0.25, 0.3) is 6.08 Å². The van der Waals surface area contributed by atoms with Crippen molar-refractivity contribution >= 4 is 39.6 Å². The largest absolute Gasteiger partial charge is 0.478 e. The highest BCUT2D eigenvalue weighted by Crippen LogP contribution is 2.17. The van der Waals surface area contributed by atoms with Crippen LogP contribution in [-0.4, -0.2) is 17.0 Å². The molecule has 2 aromatic rings. The van der Waals surface area contributed by atoms with Crippen molar-refractivity contribution in [3.05, 3.63) is 58.0 Å². The average Bonchev–Trinajstić information content (AvgIpc) is 2.90.